The van der Waals surface area contributed by atoms with Gasteiger partial charge in [-0.3, -0.25) is 0 Å². The second kappa shape index (κ2) is 5.51. The van der Waals surface area contributed by atoms with Crippen LogP contribution in [0.25, 0.3) is 0 Å². The van der Waals surface area contributed by atoms with Crippen LogP contribution < -0.4 is 10.5 Å². The first-order valence-corrected chi connectivity index (χ1v) is 8.49. The number of hydrogen-bond donors (Lipinski definition) is 2. The minimum Gasteiger partial charge on any atom is -0.378 e. The molecule has 1 aromatic carbocycles. The van der Waals surface area contributed by atoms with Crippen molar-refractivity contribution in [3.63, 3.8) is 0 Å². The fraction of sp³-hybridized carbons (Fsp3) is 0.308. The molecule has 5 nitrogen and oxygen atoms in total. The maximum Gasteiger partial charge on any atom is 0.238 e. The first kappa shape index (κ1) is 15.0. The summed E-state index contributed by atoms with van der Waals surface area (Å²) in [6.07, 6.45) is 0. The number of hydrogen-bond acceptors (Lipinski definition) is 5. The molecule has 0 radical (unpaired) electrons. The Bertz CT molecular complexity index is 736. The number of aryl methyl sites for hydroxylation is 2. The average molecular weight is 311 g/mol. The smallest absolute Gasteiger partial charge is 0.238 e. The minimum absolute atomic E-state index is 0.124. The summed E-state index contributed by atoms with van der Waals surface area (Å²) in [5.74, 6) is 0. The van der Waals surface area contributed by atoms with Crippen LogP contribution in [0.1, 0.15) is 21.8 Å². The highest BCUT2D eigenvalue weighted by atomic mass is 32.2. The molecule has 0 spiro atoms. The molecule has 0 aliphatic carbocycles. The number of nitrogens with two attached hydrogens (primary N) is 1. The van der Waals surface area contributed by atoms with E-state index in [2.05, 4.69) is 10.3 Å². The van der Waals surface area contributed by atoms with Gasteiger partial charge < -0.3 is 5.32 Å². The zero-order valence-electron chi connectivity index (χ0n) is 11.6. The van der Waals surface area contributed by atoms with E-state index in [-0.39, 0.29) is 4.90 Å². The minimum atomic E-state index is -3.70. The lowest BCUT2D eigenvalue weighted by Gasteiger charge is -2.12. The quantitative estimate of drug-likeness (QED) is 0.907. The molecule has 0 aliphatic heterocycles. The maximum absolute atomic E-state index is 11.5. The van der Waals surface area contributed by atoms with Gasteiger partial charge in [-0.25, -0.2) is 18.5 Å². The molecule has 108 valence electrons. The highest BCUT2D eigenvalue weighted by Gasteiger charge is 2.12. The van der Waals surface area contributed by atoms with E-state index in [4.69, 9.17) is 5.14 Å². The molecule has 0 amide bonds. The summed E-state index contributed by atoms with van der Waals surface area (Å²) in [5.41, 5.74) is 3.64. The number of sulfonamides is 1. The van der Waals surface area contributed by atoms with Gasteiger partial charge in [0.25, 0.3) is 0 Å². The third kappa shape index (κ3) is 3.36. The Morgan fingerprint density at radius 3 is 2.55 bits per heavy atom. The van der Waals surface area contributed by atoms with Crippen molar-refractivity contribution >= 4 is 27.0 Å². The molecule has 20 heavy (non-hydrogen) atoms. The highest BCUT2D eigenvalue weighted by molar-refractivity contribution is 7.89. The van der Waals surface area contributed by atoms with Crippen LogP contribution in [0.2, 0.25) is 0 Å². The third-order valence-electron chi connectivity index (χ3n) is 3.07. The van der Waals surface area contributed by atoms with Crippen LogP contribution in [0.5, 0.6) is 0 Å². The van der Waals surface area contributed by atoms with E-state index >= 15 is 0 Å². The van der Waals surface area contributed by atoms with Crippen LogP contribution in [0.3, 0.4) is 0 Å². The molecular formula is C13H17N3O2S2. The van der Waals surface area contributed by atoms with Gasteiger partial charge in [-0.2, -0.15) is 0 Å². The Hall–Kier alpha value is -1.44. The summed E-state index contributed by atoms with van der Waals surface area (Å²) >= 11 is 1.57. The Kier molecular flexibility index (Phi) is 4.12. The Morgan fingerprint density at radius 2 is 2.00 bits per heavy atom. The fourth-order valence-corrected chi connectivity index (χ4v) is 3.16. The summed E-state index contributed by atoms with van der Waals surface area (Å²) in [5, 5.41) is 11.4. The fourth-order valence-electron chi connectivity index (χ4n) is 1.83. The lowest BCUT2D eigenvalue weighted by atomic mass is 10.1. The van der Waals surface area contributed by atoms with Crippen LogP contribution in [0, 0.1) is 20.8 Å². The summed E-state index contributed by atoms with van der Waals surface area (Å²) in [7, 11) is -3.70. The van der Waals surface area contributed by atoms with Crippen LogP contribution >= 0.6 is 11.3 Å². The van der Waals surface area contributed by atoms with Gasteiger partial charge in [-0.1, -0.05) is 0 Å². The molecule has 1 heterocycles. The second-order valence-electron chi connectivity index (χ2n) is 4.69. The van der Waals surface area contributed by atoms with Gasteiger partial charge in [0.15, 0.2) is 0 Å². The first-order valence-electron chi connectivity index (χ1n) is 6.06. The number of nitrogens with zero attached hydrogens (tertiary/aromatic N) is 1. The second-order valence-corrected chi connectivity index (χ2v) is 7.20. The van der Waals surface area contributed by atoms with E-state index in [1.165, 1.54) is 0 Å². The van der Waals surface area contributed by atoms with Crippen molar-refractivity contribution in [2.24, 2.45) is 5.14 Å². The first-order chi connectivity index (χ1) is 9.27. The Labute approximate surface area is 122 Å². The monoisotopic (exact) mass is 311 g/mol. The van der Waals surface area contributed by atoms with Crippen LogP contribution in [0.4, 0.5) is 5.69 Å². The predicted molar refractivity (Wildman–Crippen MR) is 81.5 cm³/mol. The van der Waals surface area contributed by atoms with Gasteiger partial charge >= 0.3 is 0 Å². The van der Waals surface area contributed by atoms with Crippen molar-refractivity contribution in [2.75, 3.05) is 5.32 Å². The summed E-state index contributed by atoms with van der Waals surface area (Å²) in [6.45, 7) is 6.31. The zero-order valence-corrected chi connectivity index (χ0v) is 13.2. The molecule has 0 aliphatic rings. The molecular weight excluding hydrogens is 294 g/mol. The normalized spacial score (nSPS) is 11.6. The van der Waals surface area contributed by atoms with Crippen molar-refractivity contribution < 1.29 is 8.42 Å². The Morgan fingerprint density at radius 1 is 1.30 bits per heavy atom. The number of rotatable bonds is 4. The number of aromatic nitrogens is 1. The molecule has 1 aromatic heterocycles. The van der Waals surface area contributed by atoms with E-state index in [9.17, 15) is 8.42 Å². The number of benzene rings is 1. The van der Waals surface area contributed by atoms with E-state index in [1.807, 2.05) is 26.2 Å². The standard InChI is InChI=1S/C13H17N3O2S2/c1-8-4-11(20(14,17)18)5-12(10(8)3)15-6-13-16-9(2)7-19-13/h4-5,7,15H,6H2,1-3H3,(H2,14,17,18). The molecule has 0 unspecified atom stereocenters. The lowest BCUT2D eigenvalue weighted by Crippen LogP contribution is -2.13. The van der Waals surface area contributed by atoms with Gasteiger partial charge in [-0.15, -0.1) is 11.3 Å². The van der Waals surface area contributed by atoms with Crippen LogP contribution in [-0.2, 0) is 16.6 Å². The van der Waals surface area contributed by atoms with Gasteiger partial charge in [-0.05, 0) is 44.0 Å². The lowest BCUT2D eigenvalue weighted by molar-refractivity contribution is 0.597. The average Bonchev–Trinajstić information content (AvgIpc) is 2.75. The van der Waals surface area contributed by atoms with Crippen molar-refractivity contribution in [3.05, 3.63) is 39.3 Å². The predicted octanol–water partition coefficient (Wildman–Crippen LogP) is 2.33. The summed E-state index contributed by atoms with van der Waals surface area (Å²) in [6, 6.07) is 3.15. The largest absolute Gasteiger partial charge is 0.378 e. The molecule has 0 fully saturated rings. The van der Waals surface area contributed by atoms with Crippen LogP contribution in [0.15, 0.2) is 22.4 Å². The van der Waals surface area contributed by atoms with Crippen molar-refractivity contribution in [1.29, 1.82) is 0 Å². The maximum atomic E-state index is 11.5. The zero-order chi connectivity index (χ0) is 14.9. The molecule has 0 bridgehead atoms. The summed E-state index contributed by atoms with van der Waals surface area (Å²) in [4.78, 5) is 4.49. The number of primary sulfonamides is 1. The van der Waals surface area contributed by atoms with Crippen molar-refractivity contribution in [3.8, 4) is 0 Å². The van der Waals surface area contributed by atoms with Gasteiger partial charge in [0.2, 0.25) is 10.0 Å². The highest BCUT2D eigenvalue weighted by Crippen LogP contribution is 2.24. The topological polar surface area (TPSA) is 85.1 Å². The number of thiazole rings is 1. The third-order valence-corrected chi connectivity index (χ3v) is 4.93. The van der Waals surface area contributed by atoms with Gasteiger partial charge in [0.1, 0.15) is 5.01 Å². The molecule has 3 N–H and O–H groups in total. The SMILES string of the molecule is Cc1csc(CNc2cc(S(N)(=O)=O)cc(C)c2C)n1. The molecule has 2 aromatic rings. The molecule has 0 atom stereocenters. The summed E-state index contributed by atoms with van der Waals surface area (Å²) < 4.78 is 22.9. The molecule has 0 saturated carbocycles. The van der Waals surface area contributed by atoms with Crippen molar-refractivity contribution in [1.82, 2.24) is 4.98 Å². The number of anilines is 1. The van der Waals surface area contributed by atoms with Gasteiger partial charge in [0, 0.05) is 16.8 Å². The molecule has 7 heteroatoms. The van der Waals surface area contributed by atoms with E-state index in [0.29, 0.717) is 6.54 Å². The van der Waals surface area contributed by atoms with E-state index < -0.39 is 10.0 Å². The van der Waals surface area contributed by atoms with Crippen molar-refractivity contribution in [2.45, 2.75) is 32.2 Å². The Balaban J connectivity index is 2.29. The van der Waals surface area contributed by atoms with Gasteiger partial charge in [0.05, 0.1) is 11.4 Å². The van der Waals surface area contributed by atoms with E-state index in [0.717, 1.165) is 27.5 Å². The number of nitrogens with one attached hydrogen (secondary N) is 1. The van der Waals surface area contributed by atoms with E-state index in [1.54, 1.807) is 23.5 Å². The van der Waals surface area contributed by atoms with Crippen LogP contribution in [-0.4, -0.2) is 13.4 Å². The molecule has 0 saturated heterocycles. The molecule has 2 rings (SSSR count).